The molecule has 2 aromatic rings. The van der Waals surface area contributed by atoms with Gasteiger partial charge in [0.15, 0.2) is 23.0 Å². The van der Waals surface area contributed by atoms with Crippen LogP contribution in [-0.2, 0) is 19.1 Å². The molecule has 0 radical (unpaired) electrons. The second kappa shape index (κ2) is 12.3. The Morgan fingerprint density at radius 1 is 0.949 bits per heavy atom. The number of carbonyl (C=O) groups excluding carboxylic acids is 2. The lowest BCUT2D eigenvalue weighted by Crippen LogP contribution is -2.41. The van der Waals surface area contributed by atoms with Crippen molar-refractivity contribution in [1.29, 1.82) is 0 Å². The number of allylic oxidation sites excluding steroid dienone is 1. The van der Waals surface area contributed by atoms with Crippen LogP contribution in [0.2, 0.25) is 0 Å². The van der Waals surface area contributed by atoms with Crippen LogP contribution in [0.3, 0.4) is 0 Å². The lowest BCUT2D eigenvalue weighted by molar-refractivity contribution is -0.140. The number of methoxy groups -OCH3 is 3. The molecule has 0 amide bonds. The van der Waals surface area contributed by atoms with E-state index in [0.717, 1.165) is 5.56 Å². The van der Waals surface area contributed by atoms with Gasteiger partial charge in [0, 0.05) is 30.9 Å². The molecule has 1 N–H and O–H groups in total. The first kappa shape index (κ1) is 28.2. The predicted molar refractivity (Wildman–Crippen MR) is 145 cm³/mol. The lowest BCUT2D eigenvalue weighted by atomic mass is 9.66. The molecule has 0 spiro atoms. The molecule has 1 saturated carbocycles. The van der Waals surface area contributed by atoms with E-state index in [4.69, 9.17) is 28.7 Å². The fraction of sp³-hybridized carbons (Fsp3) is 0.433. The van der Waals surface area contributed by atoms with Crippen molar-refractivity contribution in [1.82, 2.24) is 0 Å². The van der Waals surface area contributed by atoms with Gasteiger partial charge in [-0.2, -0.15) is 0 Å². The minimum absolute atomic E-state index is 0.0151. The van der Waals surface area contributed by atoms with E-state index in [-0.39, 0.29) is 42.8 Å². The van der Waals surface area contributed by atoms with E-state index in [1.807, 2.05) is 25.1 Å². The van der Waals surface area contributed by atoms with Crippen LogP contribution in [0, 0.1) is 5.92 Å². The van der Waals surface area contributed by atoms with Crippen LogP contribution < -0.4 is 14.2 Å². The van der Waals surface area contributed by atoms with Gasteiger partial charge in [0.1, 0.15) is 12.4 Å². The Morgan fingerprint density at radius 2 is 1.67 bits per heavy atom. The molecule has 39 heavy (non-hydrogen) atoms. The van der Waals surface area contributed by atoms with E-state index < -0.39 is 17.8 Å². The van der Waals surface area contributed by atoms with Gasteiger partial charge in [-0.1, -0.05) is 12.1 Å². The van der Waals surface area contributed by atoms with Crippen molar-refractivity contribution >= 4 is 17.5 Å². The molecule has 1 unspecified atom stereocenters. The Balaban J connectivity index is 1.76. The van der Waals surface area contributed by atoms with Crippen molar-refractivity contribution in [2.24, 2.45) is 10.9 Å². The molecule has 2 aliphatic rings. The molecule has 9 nitrogen and oxygen atoms in total. The van der Waals surface area contributed by atoms with E-state index >= 15 is 0 Å². The molecular weight excluding hydrogens is 502 g/mol. The van der Waals surface area contributed by atoms with Crippen molar-refractivity contribution in [2.75, 3.05) is 41.2 Å². The summed E-state index contributed by atoms with van der Waals surface area (Å²) in [5.41, 5.74) is 3.16. The van der Waals surface area contributed by atoms with Gasteiger partial charge in [-0.3, -0.25) is 9.79 Å². The number of hydrogen-bond acceptors (Lipinski definition) is 9. The molecule has 1 fully saturated rings. The second-order valence-corrected chi connectivity index (χ2v) is 9.53. The van der Waals surface area contributed by atoms with Gasteiger partial charge < -0.3 is 28.8 Å². The molecule has 1 aliphatic carbocycles. The number of phenols is 1. The minimum atomic E-state index is -0.644. The van der Waals surface area contributed by atoms with Gasteiger partial charge in [0.05, 0.1) is 38.9 Å². The van der Waals surface area contributed by atoms with Crippen LogP contribution in [0.1, 0.15) is 49.7 Å². The predicted octanol–water partition coefficient (Wildman–Crippen LogP) is 4.57. The topological polar surface area (TPSA) is 113 Å². The highest BCUT2D eigenvalue weighted by atomic mass is 16.6. The van der Waals surface area contributed by atoms with Crippen molar-refractivity contribution in [3.8, 4) is 23.0 Å². The van der Waals surface area contributed by atoms with E-state index in [1.54, 1.807) is 33.3 Å². The highest BCUT2D eigenvalue weighted by Gasteiger charge is 2.46. The summed E-state index contributed by atoms with van der Waals surface area (Å²) in [6.45, 7) is 4.26. The summed E-state index contributed by atoms with van der Waals surface area (Å²) in [7, 11) is 4.69. The number of fused-ring (bicyclic) bond motifs is 1. The molecule has 1 heterocycles. The number of ketones is 1. The average Bonchev–Trinajstić information content (AvgIpc) is 2.93. The van der Waals surface area contributed by atoms with E-state index in [1.165, 1.54) is 13.2 Å². The summed E-state index contributed by atoms with van der Waals surface area (Å²) >= 11 is 0. The number of esters is 1. The summed E-state index contributed by atoms with van der Waals surface area (Å²) in [4.78, 5) is 32.0. The number of rotatable bonds is 10. The molecule has 4 rings (SSSR count). The highest BCUT2D eigenvalue weighted by molar-refractivity contribution is 6.12. The zero-order chi connectivity index (χ0) is 28.1. The largest absolute Gasteiger partial charge is 0.504 e. The van der Waals surface area contributed by atoms with Crippen LogP contribution in [0.4, 0.5) is 0 Å². The summed E-state index contributed by atoms with van der Waals surface area (Å²) in [5.74, 6) is -0.463. The average molecular weight is 538 g/mol. The lowest BCUT2D eigenvalue weighted by Gasteiger charge is -2.38. The summed E-state index contributed by atoms with van der Waals surface area (Å²) in [6, 6.07) is 10.6. The summed E-state index contributed by atoms with van der Waals surface area (Å²) in [5, 5.41) is 10.3. The smallest absolute Gasteiger partial charge is 0.336 e. The Labute approximate surface area is 228 Å². The third-order valence-corrected chi connectivity index (χ3v) is 7.22. The molecule has 208 valence electrons. The van der Waals surface area contributed by atoms with Crippen LogP contribution in [0.5, 0.6) is 23.0 Å². The first-order valence-corrected chi connectivity index (χ1v) is 13.0. The Hall–Kier alpha value is -3.85. The molecule has 2 aromatic carbocycles. The number of benzene rings is 2. The third kappa shape index (κ3) is 5.78. The molecular formula is C30H35NO8. The third-order valence-electron chi connectivity index (χ3n) is 7.22. The van der Waals surface area contributed by atoms with Crippen LogP contribution >= 0.6 is 0 Å². The zero-order valence-electron chi connectivity index (χ0n) is 23.0. The number of hydrogen-bond donors (Lipinski definition) is 1. The van der Waals surface area contributed by atoms with Crippen molar-refractivity contribution < 1.29 is 38.4 Å². The number of aromatic hydroxyl groups is 1. The van der Waals surface area contributed by atoms with Gasteiger partial charge >= 0.3 is 5.97 Å². The minimum Gasteiger partial charge on any atom is -0.504 e. The summed E-state index contributed by atoms with van der Waals surface area (Å²) in [6.07, 6.45) is 0.819. The first-order chi connectivity index (χ1) is 18.8. The van der Waals surface area contributed by atoms with Crippen LogP contribution in [0.15, 0.2) is 52.7 Å². The Kier molecular flexibility index (Phi) is 8.91. The molecule has 0 bridgehead atoms. The van der Waals surface area contributed by atoms with Gasteiger partial charge in [-0.05, 0) is 61.6 Å². The van der Waals surface area contributed by atoms with Crippen molar-refractivity contribution in [3.63, 3.8) is 0 Å². The number of aliphatic imine (C=N–C) groups is 1. The van der Waals surface area contributed by atoms with Gasteiger partial charge in [0.25, 0.3) is 0 Å². The van der Waals surface area contributed by atoms with Gasteiger partial charge in [-0.25, -0.2) is 4.79 Å². The standard InChI is InChI=1S/C30H35NO8/c1-6-38-25-16-19(7-9-22(25)32)28-27(30(34)39-12-11-35-3)17(2)31-21-13-20(14-23(33)29(21)28)18-8-10-24(36-4)26(15-18)37-5/h7-10,15-16,20,28-29,32H,6,11-14H2,1-5H3/t20-,28-,29?/m0/s1. The van der Waals surface area contributed by atoms with Gasteiger partial charge in [-0.15, -0.1) is 0 Å². The Bertz CT molecular complexity index is 1300. The molecule has 0 saturated heterocycles. The molecule has 0 aromatic heterocycles. The maximum absolute atomic E-state index is 13.9. The van der Waals surface area contributed by atoms with E-state index in [0.29, 0.717) is 47.1 Å². The quantitative estimate of drug-likeness (QED) is 0.346. The SMILES string of the molecule is CCOc1cc([C@H]2C(C(=O)OCCOC)=C(C)N=C3C[C@H](c4ccc(OC)c(OC)c4)CC(=O)C32)ccc1O. The summed E-state index contributed by atoms with van der Waals surface area (Å²) < 4.78 is 27.0. The van der Waals surface area contributed by atoms with Crippen LogP contribution in [0.25, 0.3) is 0 Å². The number of phenolic OH excluding ortho intramolecular Hbond substituents is 1. The number of ether oxygens (including phenoxy) is 5. The Morgan fingerprint density at radius 3 is 2.36 bits per heavy atom. The molecule has 9 heteroatoms. The fourth-order valence-corrected chi connectivity index (χ4v) is 5.44. The maximum Gasteiger partial charge on any atom is 0.336 e. The van der Waals surface area contributed by atoms with Gasteiger partial charge in [0.2, 0.25) is 0 Å². The zero-order valence-corrected chi connectivity index (χ0v) is 23.0. The second-order valence-electron chi connectivity index (χ2n) is 9.53. The number of nitrogens with zero attached hydrogens (tertiary/aromatic N) is 1. The molecule has 1 aliphatic heterocycles. The fourth-order valence-electron chi connectivity index (χ4n) is 5.44. The van der Waals surface area contributed by atoms with E-state index in [2.05, 4.69) is 0 Å². The number of carbonyl (C=O) groups is 2. The van der Waals surface area contributed by atoms with Crippen molar-refractivity contribution in [2.45, 2.75) is 38.5 Å². The highest BCUT2D eigenvalue weighted by Crippen LogP contribution is 2.47. The van der Waals surface area contributed by atoms with Crippen molar-refractivity contribution in [3.05, 3.63) is 58.8 Å². The monoisotopic (exact) mass is 537 g/mol. The van der Waals surface area contributed by atoms with E-state index in [9.17, 15) is 14.7 Å². The normalized spacial score (nSPS) is 20.7. The molecule has 3 atom stereocenters. The maximum atomic E-state index is 13.9. The number of Topliss-reactive ketones (excluding diaryl/α,β-unsaturated/α-hetero) is 1. The van der Waals surface area contributed by atoms with Crippen LogP contribution in [-0.4, -0.2) is 63.7 Å². The first-order valence-electron chi connectivity index (χ1n) is 13.0.